The minimum Gasteiger partial charge on any atom is -0.354 e. The molecule has 0 spiro atoms. The number of nitrogens with one attached hydrogen (secondary N) is 2. The molecule has 0 fully saturated rings. The van der Waals surface area contributed by atoms with E-state index < -0.39 is 6.04 Å². The first kappa shape index (κ1) is 14.9. The van der Waals surface area contributed by atoms with Crippen molar-refractivity contribution in [3.05, 3.63) is 0 Å². The lowest BCUT2D eigenvalue weighted by atomic mass is 10.1. The monoisotopic (exact) mass is 229 g/mol. The third-order valence-electron chi connectivity index (χ3n) is 1.94. The van der Waals surface area contributed by atoms with Crippen LogP contribution in [0.15, 0.2) is 0 Å². The normalized spacial score (nSPS) is 13.1. The van der Waals surface area contributed by atoms with E-state index in [-0.39, 0.29) is 23.8 Å². The summed E-state index contributed by atoms with van der Waals surface area (Å²) in [6.07, 6.45) is 0.874. The van der Waals surface area contributed by atoms with E-state index in [1.165, 1.54) is 0 Å². The van der Waals surface area contributed by atoms with Crippen LogP contribution in [0.2, 0.25) is 0 Å². The van der Waals surface area contributed by atoms with Gasteiger partial charge in [-0.05, 0) is 27.2 Å². The molecule has 0 radical (unpaired) electrons. The predicted octanol–water partition coefficient (Wildman–Crippen LogP) is 0.145. The molecule has 0 saturated carbocycles. The summed E-state index contributed by atoms with van der Waals surface area (Å²) in [6, 6.07) is -0.481. The molecule has 0 aliphatic carbocycles. The van der Waals surface area contributed by atoms with Gasteiger partial charge >= 0.3 is 0 Å². The Hall–Kier alpha value is -1.10. The van der Waals surface area contributed by atoms with Crippen molar-refractivity contribution < 1.29 is 9.59 Å². The van der Waals surface area contributed by atoms with Gasteiger partial charge in [0.05, 0.1) is 6.04 Å². The third-order valence-corrected chi connectivity index (χ3v) is 1.94. The highest BCUT2D eigenvalue weighted by molar-refractivity contribution is 5.82. The second-order valence-electron chi connectivity index (χ2n) is 4.85. The van der Waals surface area contributed by atoms with Crippen LogP contribution in [0.5, 0.6) is 0 Å². The molecule has 2 amide bonds. The first-order valence-corrected chi connectivity index (χ1v) is 5.60. The third kappa shape index (κ3) is 7.23. The van der Waals surface area contributed by atoms with E-state index in [9.17, 15) is 9.59 Å². The van der Waals surface area contributed by atoms with Crippen molar-refractivity contribution in [2.24, 2.45) is 5.73 Å². The molecule has 0 unspecified atom stereocenters. The van der Waals surface area contributed by atoms with Crippen molar-refractivity contribution >= 4 is 11.8 Å². The number of nitrogens with two attached hydrogens (primary N) is 1. The number of carbonyl (C=O) groups excluding carboxylic acids is 2. The minimum atomic E-state index is -0.481. The Labute approximate surface area is 97.2 Å². The van der Waals surface area contributed by atoms with Crippen LogP contribution in [-0.4, -0.2) is 29.9 Å². The maximum atomic E-state index is 11.4. The highest BCUT2D eigenvalue weighted by Crippen LogP contribution is 1.98. The van der Waals surface area contributed by atoms with E-state index in [4.69, 9.17) is 5.73 Å². The van der Waals surface area contributed by atoms with Gasteiger partial charge in [-0.2, -0.15) is 0 Å². The zero-order chi connectivity index (χ0) is 12.8. The maximum Gasteiger partial charge on any atom is 0.236 e. The van der Waals surface area contributed by atoms with Crippen molar-refractivity contribution in [3.8, 4) is 0 Å². The second kappa shape index (κ2) is 6.48. The van der Waals surface area contributed by atoms with Crippen molar-refractivity contribution in [2.75, 3.05) is 6.54 Å². The van der Waals surface area contributed by atoms with E-state index in [0.29, 0.717) is 13.0 Å². The fraction of sp³-hybridized carbons (Fsp3) is 0.818. The molecule has 16 heavy (non-hydrogen) atoms. The Morgan fingerprint density at radius 2 is 1.88 bits per heavy atom. The first-order valence-electron chi connectivity index (χ1n) is 5.60. The highest BCUT2D eigenvalue weighted by atomic mass is 16.2. The number of rotatable bonds is 5. The van der Waals surface area contributed by atoms with E-state index in [1.54, 1.807) is 0 Å². The summed E-state index contributed by atoms with van der Waals surface area (Å²) in [6.45, 7) is 7.91. The lowest BCUT2D eigenvalue weighted by molar-refractivity contribution is -0.123. The number of hydrogen-bond acceptors (Lipinski definition) is 3. The summed E-state index contributed by atoms with van der Waals surface area (Å²) in [5.74, 6) is -0.274. The van der Waals surface area contributed by atoms with Gasteiger partial charge in [0.2, 0.25) is 11.8 Å². The Morgan fingerprint density at radius 1 is 1.31 bits per heavy atom. The molecular formula is C11H23N3O2. The molecule has 0 aromatic heterocycles. The van der Waals surface area contributed by atoms with Crippen molar-refractivity contribution in [2.45, 2.75) is 52.1 Å². The second-order valence-corrected chi connectivity index (χ2v) is 4.85. The molecule has 0 heterocycles. The van der Waals surface area contributed by atoms with Gasteiger partial charge in [-0.25, -0.2) is 0 Å². The summed E-state index contributed by atoms with van der Waals surface area (Å²) in [4.78, 5) is 22.7. The molecule has 0 aliphatic rings. The lowest BCUT2D eigenvalue weighted by Gasteiger charge is -2.20. The fourth-order valence-electron chi connectivity index (χ4n) is 1.10. The topological polar surface area (TPSA) is 84.2 Å². The van der Waals surface area contributed by atoms with Gasteiger partial charge in [-0.1, -0.05) is 6.92 Å². The van der Waals surface area contributed by atoms with E-state index in [1.807, 2.05) is 27.7 Å². The standard InChI is InChI=1S/C11H23N3O2/c1-5-8(12)10(16)13-7-6-9(15)14-11(2,3)4/h8H,5-7,12H2,1-4H3,(H,13,16)(H,14,15)/t8-/m1/s1. The van der Waals surface area contributed by atoms with Crippen LogP contribution in [-0.2, 0) is 9.59 Å². The smallest absolute Gasteiger partial charge is 0.236 e. The average Bonchev–Trinajstić information content (AvgIpc) is 2.13. The summed E-state index contributed by atoms with van der Waals surface area (Å²) in [5, 5.41) is 5.44. The Morgan fingerprint density at radius 3 is 2.31 bits per heavy atom. The Bertz CT molecular complexity index is 246. The van der Waals surface area contributed by atoms with Gasteiger partial charge in [0, 0.05) is 18.5 Å². The van der Waals surface area contributed by atoms with Crippen LogP contribution in [0.3, 0.4) is 0 Å². The first-order chi connectivity index (χ1) is 7.26. The zero-order valence-electron chi connectivity index (χ0n) is 10.6. The lowest BCUT2D eigenvalue weighted by Crippen LogP contribution is -2.44. The van der Waals surface area contributed by atoms with Crippen molar-refractivity contribution in [1.82, 2.24) is 10.6 Å². The molecule has 0 saturated heterocycles. The fourth-order valence-corrected chi connectivity index (χ4v) is 1.10. The molecule has 0 rings (SSSR count). The molecule has 1 atom stereocenters. The minimum absolute atomic E-state index is 0.0714. The predicted molar refractivity (Wildman–Crippen MR) is 63.8 cm³/mol. The Balaban J connectivity index is 3.75. The van der Waals surface area contributed by atoms with E-state index in [0.717, 1.165) is 0 Å². The molecule has 4 N–H and O–H groups in total. The molecule has 0 bridgehead atoms. The molecule has 0 aliphatic heterocycles. The van der Waals surface area contributed by atoms with Gasteiger partial charge in [-0.3, -0.25) is 9.59 Å². The molecule has 94 valence electrons. The number of amides is 2. The van der Waals surface area contributed by atoms with Gasteiger partial charge < -0.3 is 16.4 Å². The average molecular weight is 229 g/mol. The maximum absolute atomic E-state index is 11.4. The Kier molecular flexibility index (Phi) is 6.03. The zero-order valence-corrected chi connectivity index (χ0v) is 10.6. The van der Waals surface area contributed by atoms with Crippen LogP contribution in [0.4, 0.5) is 0 Å². The summed E-state index contributed by atoms with van der Waals surface area (Å²) < 4.78 is 0. The van der Waals surface area contributed by atoms with Gasteiger partial charge in [0.1, 0.15) is 0 Å². The summed E-state index contributed by atoms with van der Waals surface area (Å²) in [7, 11) is 0. The van der Waals surface area contributed by atoms with E-state index >= 15 is 0 Å². The highest BCUT2D eigenvalue weighted by Gasteiger charge is 2.14. The van der Waals surface area contributed by atoms with Crippen LogP contribution in [0.25, 0.3) is 0 Å². The molecule has 5 nitrogen and oxygen atoms in total. The van der Waals surface area contributed by atoms with Crippen LogP contribution >= 0.6 is 0 Å². The number of carbonyl (C=O) groups is 2. The van der Waals surface area contributed by atoms with Crippen LogP contribution in [0, 0.1) is 0 Å². The molecule has 0 aromatic carbocycles. The van der Waals surface area contributed by atoms with Gasteiger partial charge in [-0.15, -0.1) is 0 Å². The molecular weight excluding hydrogens is 206 g/mol. The van der Waals surface area contributed by atoms with E-state index in [2.05, 4.69) is 10.6 Å². The molecule has 5 heteroatoms. The summed E-state index contributed by atoms with van der Waals surface area (Å²) >= 11 is 0. The van der Waals surface area contributed by atoms with Crippen molar-refractivity contribution in [1.29, 1.82) is 0 Å². The van der Waals surface area contributed by atoms with Crippen LogP contribution in [0.1, 0.15) is 40.5 Å². The molecule has 0 aromatic rings. The van der Waals surface area contributed by atoms with Crippen molar-refractivity contribution in [3.63, 3.8) is 0 Å². The van der Waals surface area contributed by atoms with Gasteiger partial charge in [0.15, 0.2) is 0 Å². The van der Waals surface area contributed by atoms with Crippen LogP contribution < -0.4 is 16.4 Å². The largest absolute Gasteiger partial charge is 0.354 e. The quantitative estimate of drug-likeness (QED) is 0.627. The SMILES string of the molecule is CC[C@@H](N)C(=O)NCCC(=O)NC(C)(C)C. The summed E-state index contributed by atoms with van der Waals surface area (Å²) in [5.41, 5.74) is 5.29. The van der Waals surface area contributed by atoms with Gasteiger partial charge in [0.25, 0.3) is 0 Å². The number of hydrogen-bond donors (Lipinski definition) is 3.